The standard InChI is InChI=1S/C11H16BrN3/c1-8-4-2-3-5-15(8)11-9(12)6-14-7-10(11)13/h6-8H,2-5,13H2,1H3. The van der Waals surface area contributed by atoms with Crippen LogP contribution < -0.4 is 10.6 Å². The number of piperidine rings is 1. The predicted molar refractivity (Wildman–Crippen MR) is 67.0 cm³/mol. The SMILES string of the molecule is CC1CCCCN1c1c(N)cncc1Br. The van der Waals surface area contributed by atoms with Gasteiger partial charge >= 0.3 is 0 Å². The van der Waals surface area contributed by atoms with Crippen molar-refractivity contribution in [1.82, 2.24) is 4.98 Å². The molecule has 1 atom stereocenters. The van der Waals surface area contributed by atoms with Crippen molar-refractivity contribution in [2.75, 3.05) is 17.2 Å². The molecular weight excluding hydrogens is 254 g/mol. The summed E-state index contributed by atoms with van der Waals surface area (Å²) < 4.78 is 0.997. The molecule has 1 aromatic rings. The molecule has 1 saturated heterocycles. The van der Waals surface area contributed by atoms with Crippen LogP contribution in [-0.4, -0.2) is 17.6 Å². The Morgan fingerprint density at radius 1 is 1.47 bits per heavy atom. The van der Waals surface area contributed by atoms with Crippen LogP contribution in [0.15, 0.2) is 16.9 Å². The average Bonchev–Trinajstić information content (AvgIpc) is 2.20. The second kappa shape index (κ2) is 4.39. The third kappa shape index (κ3) is 2.09. The van der Waals surface area contributed by atoms with Crippen LogP contribution >= 0.6 is 15.9 Å². The normalized spacial score (nSPS) is 21.7. The fourth-order valence-electron chi connectivity index (χ4n) is 2.18. The van der Waals surface area contributed by atoms with Gasteiger partial charge in [-0.2, -0.15) is 0 Å². The van der Waals surface area contributed by atoms with Gasteiger partial charge in [0.1, 0.15) is 0 Å². The van der Waals surface area contributed by atoms with Crippen LogP contribution in [0.2, 0.25) is 0 Å². The first kappa shape index (κ1) is 10.7. The summed E-state index contributed by atoms with van der Waals surface area (Å²) in [7, 11) is 0. The van der Waals surface area contributed by atoms with Crippen LogP contribution in [0, 0.1) is 0 Å². The molecule has 2 rings (SSSR count). The number of halogens is 1. The number of pyridine rings is 1. The molecule has 0 aliphatic carbocycles. The van der Waals surface area contributed by atoms with Crippen molar-refractivity contribution in [2.45, 2.75) is 32.2 Å². The van der Waals surface area contributed by atoms with Crippen molar-refractivity contribution in [3.63, 3.8) is 0 Å². The lowest BCUT2D eigenvalue weighted by Gasteiger charge is -2.36. The number of hydrogen-bond acceptors (Lipinski definition) is 3. The maximum absolute atomic E-state index is 5.98. The molecule has 1 aliphatic heterocycles. The fraction of sp³-hybridized carbons (Fsp3) is 0.545. The molecule has 1 fully saturated rings. The predicted octanol–water partition coefficient (Wildman–Crippen LogP) is 2.81. The summed E-state index contributed by atoms with van der Waals surface area (Å²) in [6.45, 7) is 3.35. The Balaban J connectivity index is 2.35. The van der Waals surface area contributed by atoms with Gasteiger partial charge in [0.05, 0.1) is 22.0 Å². The highest BCUT2D eigenvalue weighted by Crippen LogP contribution is 2.35. The number of hydrogen-bond donors (Lipinski definition) is 1. The van der Waals surface area contributed by atoms with E-state index in [0.717, 1.165) is 22.4 Å². The number of nitrogens with zero attached hydrogens (tertiary/aromatic N) is 2. The molecule has 0 amide bonds. The molecule has 2 heterocycles. The summed E-state index contributed by atoms with van der Waals surface area (Å²) in [5, 5.41) is 0. The van der Waals surface area contributed by atoms with E-state index >= 15 is 0 Å². The van der Waals surface area contributed by atoms with E-state index in [0.29, 0.717) is 6.04 Å². The zero-order valence-corrected chi connectivity index (χ0v) is 10.5. The minimum Gasteiger partial charge on any atom is -0.396 e. The van der Waals surface area contributed by atoms with Crippen LogP contribution in [0.25, 0.3) is 0 Å². The first-order valence-electron chi connectivity index (χ1n) is 5.36. The zero-order valence-electron chi connectivity index (χ0n) is 8.91. The quantitative estimate of drug-likeness (QED) is 0.853. The molecule has 0 radical (unpaired) electrons. The van der Waals surface area contributed by atoms with E-state index in [1.807, 2.05) is 6.20 Å². The lowest BCUT2D eigenvalue weighted by atomic mass is 10.0. The van der Waals surface area contributed by atoms with Gasteiger partial charge in [0, 0.05) is 18.8 Å². The van der Waals surface area contributed by atoms with Gasteiger partial charge in [0.15, 0.2) is 0 Å². The summed E-state index contributed by atoms with van der Waals surface area (Å²) in [6.07, 6.45) is 7.35. The van der Waals surface area contributed by atoms with Crippen LogP contribution in [0.5, 0.6) is 0 Å². The van der Waals surface area contributed by atoms with E-state index < -0.39 is 0 Å². The Morgan fingerprint density at radius 2 is 2.27 bits per heavy atom. The van der Waals surface area contributed by atoms with Crippen molar-refractivity contribution in [2.24, 2.45) is 0 Å². The van der Waals surface area contributed by atoms with E-state index in [1.165, 1.54) is 19.3 Å². The van der Waals surface area contributed by atoms with Gasteiger partial charge in [-0.15, -0.1) is 0 Å². The summed E-state index contributed by atoms with van der Waals surface area (Å²) >= 11 is 3.53. The Bertz CT molecular complexity index is 333. The number of aromatic nitrogens is 1. The summed E-state index contributed by atoms with van der Waals surface area (Å²) in [4.78, 5) is 6.45. The molecule has 0 spiro atoms. The van der Waals surface area contributed by atoms with Crippen molar-refractivity contribution in [3.8, 4) is 0 Å². The van der Waals surface area contributed by atoms with Crippen molar-refractivity contribution in [3.05, 3.63) is 16.9 Å². The monoisotopic (exact) mass is 269 g/mol. The zero-order chi connectivity index (χ0) is 10.8. The minimum absolute atomic E-state index is 0.569. The largest absolute Gasteiger partial charge is 0.396 e. The lowest BCUT2D eigenvalue weighted by Crippen LogP contribution is -2.38. The fourth-order valence-corrected chi connectivity index (χ4v) is 2.75. The van der Waals surface area contributed by atoms with Gasteiger partial charge in [-0.3, -0.25) is 4.98 Å². The second-order valence-electron chi connectivity index (χ2n) is 4.10. The number of anilines is 2. The van der Waals surface area contributed by atoms with E-state index in [9.17, 15) is 0 Å². The van der Waals surface area contributed by atoms with Gasteiger partial charge in [-0.25, -0.2) is 0 Å². The Kier molecular flexibility index (Phi) is 3.14. The topological polar surface area (TPSA) is 42.1 Å². The first-order chi connectivity index (χ1) is 7.20. The number of nitrogens with two attached hydrogens (primary N) is 1. The van der Waals surface area contributed by atoms with Gasteiger partial charge in [-0.05, 0) is 42.1 Å². The van der Waals surface area contributed by atoms with Gasteiger partial charge in [-0.1, -0.05) is 0 Å². The van der Waals surface area contributed by atoms with E-state index in [4.69, 9.17) is 5.73 Å². The lowest BCUT2D eigenvalue weighted by molar-refractivity contribution is 0.484. The minimum atomic E-state index is 0.569. The van der Waals surface area contributed by atoms with E-state index in [-0.39, 0.29) is 0 Å². The third-order valence-corrected chi connectivity index (χ3v) is 3.57. The molecule has 82 valence electrons. The molecule has 1 aliphatic rings. The number of nitrogen functional groups attached to an aromatic ring is 1. The third-order valence-electron chi connectivity index (χ3n) is 2.99. The second-order valence-corrected chi connectivity index (χ2v) is 4.95. The van der Waals surface area contributed by atoms with Crippen molar-refractivity contribution in [1.29, 1.82) is 0 Å². The summed E-state index contributed by atoms with van der Waals surface area (Å²) in [6, 6.07) is 0.569. The Labute approximate surface area is 98.8 Å². The van der Waals surface area contributed by atoms with Gasteiger partial charge in [0.25, 0.3) is 0 Å². The van der Waals surface area contributed by atoms with Crippen LogP contribution in [0.1, 0.15) is 26.2 Å². The maximum atomic E-state index is 5.98. The molecule has 1 unspecified atom stereocenters. The molecule has 2 N–H and O–H groups in total. The summed E-state index contributed by atoms with van der Waals surface area (Å²) in [5.74, 6) is 0. The van der Waals surface area contributed by atoms with Crippen LogP contribution in [-0.2, 0) is 0 Å². The molecular formula is C11H16BrN3. The smallest absolute Gasteiger partial charge is 0.0778 e. The maximum Gasteiger partial charge on any atom is 0.0778 e. The van der Waals surface area contributed by atoms with Crippen LogP contribution in [0.4, 0.5) is 11.4 Å². The molecule has 0 bridgehead atoms. The Morgan fingerprint density at radius 3 is 2.93 bits per heavy atom. The van der Waals surface area contributed by atoms with E-state index in [2.05, 4.69) is 32.7 Å². The van der Waals surface area contributed by atoms with Crippen LogP contribution in [0.3, 0.4) is 0 Å². The molecule has 15 heavy (non-hydrogen) atoms. The highest BCUT2D eigenvalue weighted by atomic mass is 79.9. The van der Waals surface area contributed by atoms with Crippen molar-refractivity contribution >= 4 is 27.3 Å². The molecule has 0 saturated carbocycles. The van der Waals surface area contributed by atoms with Crippen molar-refractivity contribution < 1.29 is 0 Å². The molecule has 1 aromatic heterocycles. The highest BCUT2D eigenvalue weighted by molar-refractivity contribution is 9.10. The number of rotatable bonds is 1. The van der Waals surface area contributed by atoms with Gasteiger partial charge in [0.2, 0.25) is 0 Å². The molecule has 3 nitrogen and oxygen atoms in total. The molecule has 4 heteroatoms. The van der Waals surface area contributed by atoms with Gasteiger partial charge < -0.3 is 10.6 Å². The average molecular weight is 270 g/mol. The summed E-state index contributed by atoms with van der Waals surface area (Å²) in [5.41, 5.74) is 7.85. The Hall–Kier alpha value is -0.770. The highest BCUT2D eigenvalue weighted by Gasteiger charge is 2.22. The first-order valence-corrected chi connectivity index (χ1v) is 6.15. The van der Waals surface area contributed by atoms with E-state index in [1.54, 1.807) is 6.20 Å². The molecule has 0 aromatic carbocycles.